The average Bonchev–Trinajstić information content (AvgIpc) is 3.38. The Kier molecular flexibility index (Phi) is 21.3. The smallest absolute Gasteiger partial charge is 0.490 e. The number of piperidine rings is 1. The Bertz CT molecular complexity index is 3000. The SMILES string of the molecule is CC(Cc1ccc(CC(=O)Nc2cccc(N(C)C(=O)CCN3CCC(OC(=O)Nc4ccccc4-c4ccccc4)CC3)c2)cc1)NC[C@H](O)c1ccc(O)c2[nH]c(=O)ccc12.O=C(O)C(F)(F)F.O=C(O)C(F)(F)F. The number of pyridine rings is 1. The standard InChI is InChI=1S/C50H54N6O7.2C2HF3O2/c1-33(51-32-45(58)41-19-21-44(57)49-42(41)20-22-46(59)54-49)29-34-15-17-35(18-16-34)30-47(60)52-37-11-8-12-38(31-37)55(2)48(61)25-28-56-26-23-39(24-27-56)63-50(62)53-43-14-7-6-13-40(43)36-9-4-3-5-10-36;2*3-2(4,5)1(6)7/h3-22,31,33,39,45,51,57-58H,23-30,32H2,1-2H3,(H,52,60)(H,53,62)(H,54,59);2*(H,6,7)/t33?,45-;;/m0../s1. The Morgan fingerprint density at radius 3 is 2.03 bits per heavy atom. The van der Waals surface area contributed by atoms with Gasteiger partial charge in [0.2, 0.25) is 17.4 Å². The Balaban J connectivity index is 0.000000688. The number of rotatable bonds is 16. The van der Waals surface area contributed by atoms with E-state index < -0.39 is 36.5 Å². The number of carboxylic acid groups (broad SMARTS) is 2. The van der Waals surface area contributed by atoms with Gasteiger partial charge in [-0.3, -0.25) is 19.7 Å². The van der Waals surface area contributed by atoms with Gasteiger partial charge in [-0.15, -0.1) is 0 Å². The molecule has 5 aromatic carbocycles. The summed E-state index contributed by atoms with van der Waals surface area (Å²) >= 11 is 0. The number of para-hydroxylation sites is 1. The number of nitrogens with zero attached hydrogens (tertiary/aromatic N) is 2. The van der Waals surface area contributed by atoms with Gasteiger partial charge in [0, 0.05) is 74.1 Å². The van der Waals surface area contributed by atoms with Gasteiger partial charge >= 0.3 is 30.4 Å². The first-order chi connectivity index (χ1) is 36.4. The number of halogens is 6. The summed E-state index contributed by atoms with van der Waals surface area (Å²) in [5.74, 6) is -5.79. The fourth-order valence-corrected chi connectivity index (χ4v) is 7.94. The maximum Gasteiger partial charge on any atom is 0.490 e. The number of carbonyl (C=O) groups is 5. The molecule has 1 saturated heterocycles. The van der Waals surface area contributed by atoms with Crippen LogP contribution in [0.3, 0.4) is 0 Å². The summed E-state index contributed by atoms with van der Waals surface area (Å²) < 4.78 is 69.3. The van der Waals surface area contributed by atoms with Gasteiger partial charge in [0.15, 0.2) is 0 Å². The summed E-state index contributed by atoms with van der Waals surface area (Å²) in [6.45, 7) is 4.32. The van der Waals surface area contributed by atoms with Crippen molar-refractivity contribution in [2.45, 2.75) is 69.6 Å². The van der Waals surface area contributed by atoms with Crippen LogP contribution in [0.5, 0.6) is 5.75 Å². The van der Waals surface area contributed by atoms with Crippen LogP contribution in [0.15, 0.2) is 132 Å². The van der Waals surface area contributed by atoms with Gasteiger partial charge in [0.05, 0.1) is 23.7 Å². The van der Waals surface area contributed by atoms with E-state index in [9.17, 15) is 55.7 Å². The number of alkyl halides is 6. The van der Waals surface area contributed by atoms with E-state index in [1.165, 1.54) is 12.1 Å². The van der Waals surface area contributed by atoms with E-state index in [0.717, 1.165) is 22.3 Å². The third kappa shape index (κ3) is 18.8. The van der Waals surface area contributed by atoms with Crippen molar-refractivity contribution in [1.29, 1.82) is 0 Å². The molecule has 0 aliphatic carbocycles. The van der Waals surface area contributed by atoms with Gasteiger partial charge in [0.25, 0.3) is 0 Å². The molecule has 0 saturated carbocycles. The summed E-state index contributed by atoms with van der Waals surface area (Å²) in [6, 6.07) is 38.8. The van der Waals surface area contributed by atoms with Crippen LogP contribution in [0.4, 0.5) is 48.2 Å². The van der Waals surface area contributed by atoms with E-state index >= 15 is 0 Å². The molecule has 1 unspecified atom stereocenters. The number of amides is 3. The van der Waals surface area contributed by atoms with Crippen LogP contribution in [0.25, 0.3) is 22.0 Å². The molecule has 1 fully saturated rings. The number of aliphatic hydroxyl groups is 1. The zero-order valence-electron chi connectivity index (χ0n) is 41.5. The highest BCUT2D eigenvalue weighted by molar-refractivity contribution is 5.96. The molecule has 1 aromatic heterocycles. The maximum atomic E-state index is 13.3. The van der Waals surface area contributed by atoms with E-state index in [2.05, 4.69) is 25.8 Å². The molecule has 0 radical (unpaired) electrons. The number of anilines is 3. The first kappa shape index (κ1) is 59.6. The van der Waals surface area contributed by atoms with Crippen LogP contribution < -0.4 is 26.4 Å². The molecule has 8 N–H and O–H groups in total. The molecule has 410 valence electrons. The van der Waals surface area contributed by atoms with Crippen molar-refractivity contribution in [1.82, 2.24) is 15.2 Å². The van der Waals surface area contributed by atoms with Crippen molar-refractivity contribution < 1.29 is 75.5 Å². The maximum absolute atomic E-state index is 13.3. The summed E-state index contributed by atoms with van der Waals surface area (Å²) in [6.07, 6.45) is -9.14. The quantitative estimate of drug-likeness (QED) is 0.0423. The molecule has 2 atom stereocenters. The summed E-state index contributed by atoms with van der Waals surface area (Å²) in [5, 5.41) is 45.2. The first-order valence-corrected chi connectivity index (χ1v) is 23.8. The highest BCUT2D eigenvalue weighted by Crippen LogP contribution is 2.30. The number of aromatic nitrogens is 1. The zero-order valence-corrected chi connectivity index (χ0v) is 41.5. The average molecular weight is 1080 g/mol. The Morgan fingerprint density at radius 2 is 1.39 bits per heavy atom. The molecule has 0 bridgehead atoms. The lowest BCUT2D eigenvalue weighted by molar-refractivity contribution is -0.193. The van der Waals surface area contributed by atoms with Crippen LogP contribution in [0.2, 0.25) is 0 Å². The lowest BCUT2D eigenvalue weighted by Crippen LogP contribution is -2.40. The zero-order chi connectivity index (χ0) is 56.5. The van der Waals surface area contributed by atoms with E-state index in [4.69, 9.17) is 24.5 Å². The number of phenolic OH excluding ortho intramolecular Hbond substituents is 1. The van der Waals surface area contributed by atoms with Crippen molar-refractivity contribution in [2.24, 2.45) is 0 Å². The lowest BCUT2D eigenvalue weighted by Gasteiger charge is -2.31. The van der Waals surface area contributed by atoms with Crippen molar-refractivity contribution in [3.05, 3.63) is 154 Å². The molecule has 1 aliphatic heterocycles. The van der Waals surface area contributed by atoms with Gasteiger partial charge in [0.1, 0.15) is 11.9 Å². The Hall–Kier alpha value is -8.28. The molecule has 6 aromatic rings. The first-order valence-electron chi connectivity index (χ1n) is 23.8. The van der Waals surface area contributed by atoms with Crippen LogP contribution in [0, 0.1) is 0 Å². The van der Waals surface area contributed by atoms with Crippen molar-refractivity contribution in [3.63, 3.8) is 0 Å². The number of likely N-dealkylation sites (tertiary alicyclic amines) is 1. The van der Waals surface area contributed by atoms with Crippen molar-refractivity contribution in [2.75, 3.05) is 48.8 Å². The lowest BCUT2D eigenvalue weighted by atomic mass is 10.0. The molecule has 1 aliphatic rings. The monoisotopic (exact) mass is 1080 g/mol. The van der Waals surface area contributed by atoms with Gasteiger partial charge in [-0.1, -0.05) is 84.9 Å². The van der Waals surface area contributed by atoms with Crippen LogP contribution in [-0.4, -0.2) is 118 Å². The summed E-state index contributed by atoms with van der Waals surface area (Å²) in [7, 11) is 1.74. The molecule has 2 heterocycles. The minimum Gasteiger partial charge on any atom is -0.506 e. The molecular formula is C54H56F6N6O11. The van der Waals surface area contributed by atoms with Crippen molar-refractivity contribution >= 4 is 57.8 Å². The van der Waals surface area contributed by atoms with Crippen LogP contribution in [0.1, 0.15) is 49.0 Å². The molecule has 0 spiro atoms. The third-order valence-electron chi connectivity index (χ3n) is 11.9. The van der Waals surface area contributed by atoms with E-state index in [1.807, 2.05) is 97.9 Å². The van der Waals surface area contributed by atoms with Crippen molar-refractivity contribution in [3.8, 4) is 16.9 Å². The molecule has 17 nitrogen and oxygen atoms in total. The largest absolute Gasteiger partial charge is 0.506 e. The summed E-state index contributed by atoms with van der Waals surface area (Å²) in [5.41, 5.74) is 6.40. The van der Waals surface area contributed by atoms with Gasteiger partial charge in [-0.2, -0.15) is 26.3 Å². The topological polar surface area (TPSA) is 251 Å². The van der Waals surface area contributed by atoms with E-state index in [1.54, 1.807) is 36.2 Å². The molecular weight excluding hydrogens is 1020 g/mol. The highest BCUT2D eigenvalue weighted by atomic mass is 19.4. The number of hydrogen-bond acceptors (Lipinski definition) is 11. The number of aromatic hydroxyl groups is 1. The molecule has 77 heavy (non-hydrogen) atoms. The number of aromatic amines is 1. The number of benzene rings is 5. The predicted molar refractivity (Wildman–Crippen MR) is 274 cm³/mol. The molecule has 3 amide bonds. The number of ether oxygens (including phenoxy) is 1. The normalized spacial score (nSPS) is 13.6. The number of hydrogen-bond donors (Lipinski definition) is 8. The molecule has 23 heteroatoms. The van der Waals surface area contributed by atoms with E-state index in [-0.39, 0.29) is 48.2 Å². The van der Waals surface area contributed by atoms with Crippen LogP contribution >= 0.6 is 0 Å². The number of phenols is 1. The van der Waals surface area contributed by atoms with Gasteiger partial charge in [-0.05, 0) is 84.8 Å². The Labute approximate surface area is 437 Å². The van der Waals surface area contributed by atoms with Crippen LogP contribution in [-0.2, 0) is 36.8 Å². The number of nitrogens with one attached hydrogen (secondary N) is 4. The predicted octanol–water partition coefficient (Wildman–Crippen LogP) is 8.67. The number of carbonyl (C=O) groups excluding carboxylic acids is 3. The van der Waals surface area contributed by atoms with Gasteiger partial charge in [-0.25, -0.2) is 14.4 Å². The third-order valence-corrected chi connectivity index (χ3v) is 11.9. The second-order valence-corrected chi connectivity index (χ2v) is 17.7. The fourth-order valence-electron chi connectivity index (χ4n) is 7.94. The van der Waals surface area contributed by atoms with E-state index in [0.29, 0.717) is 78.8 Å². The Morgan fingerprint density at radius 1 is 0.779 bits per heavy atom. The number of aliphatic carboxylic acids is 2. The minimum atomic E-state index is -5.08. The fraction of sp³-hybridized carbons (Fsp3) is 0.296. The number of fused-ring (bicyclic) bond motifs is 1. The number of carboxylic acids is 2. The highest BCUT2D eigenvalue weighted by Gasteiger charge is 2.39. The second-order valence-electron chi connectivity index (χ2n) is 17.7. The molecule has 7 rings (SSSR count). The number of H-pyrrole nitrogens is 1. The second kappa shape index (κ2) is 27.5. The van der Waals surface area contributed by atoms with Gasteiger partial charge < -0.3 is 50.6 Å². The minimum absolute atomic E-state index is 0.0313. The number of aliphatic hydroxyl groups excluding tert-OH is 1. The summed E-state index contributed by atoms with van der Waals surface area (Å²) in [4.78, 5) is 75.1.